The topological polar surface area (TPSA) is 32.3 Å². The predicted molar refractivity (Wildman–Crippen MR) is 96.8 cm³/mol. The van der Waals surface area contributed by atoms with Gasteiger partial charge in [0.2, 0.25) is 0 Å². The molecular weight excluding hydrogens is 304 g/mol. The summed E-state index contributed by atoms with van der Waals surface area (Å²) in [6.45, 7) is 2.17. The van der Waals surface area contributed by atoms with Crippen LogP contribution >= 0.6 is 11.3 Å². The van der Waals surface area contributed by atoms with Gasteiger partial charge in [-0.3, -0.25) is 4.79 Å². The van der Waals surface area contributed by atoms with Crippen LogP contribution < -0.4 is 10.2 Å². The minimum Gasteiger partial charge on any atom is -0.370 e. The van der Waals surface area contributed by atoms with Gasteiger partial charge >= 0.3 is 0 Å². The Hall–Kier alpha value is -1.81. The van der Waals surface area contributed by atoms with Crippen LogP contribution in [0.4, 0.5) is 11.4 Å². The molecule has 1 aromatic heterocycles. The molecule has 1 aromatic carbocycles. The first kappa shape index (κ1) is 14.8. The molecule has 120 valence electrons. The van der Waals surface area contributed by atoms with Gasteiger partial charge in [-0.1, -0.05) is 12.1 Å². The van der Waals surface area contributed by atoms with Gasteiger partial charge < -0.3 is 10.2 Å². The number of para-hydroxylation sites is 2. The van der Waals surface area contributed by atoms with Gasteiger partial charge in [0.05, 0.1) is 16.3 Å². The van der Waals surface area contributed by atoms with Crippen LogP contribution in [0.5, 0.6) is 0 Å². The smallest absolute Gasteiger partial charge is 0.265 e. The van der Waals surface area contributed by atoms with E-state index in [2.05, 4.69) is 28.4 Å². The fourth-order valence-corrected chi connectivity index (χ4v) is 4.76. The molecule has 3 nitrogen and oxygen atoms in total. The van der Waals surface area contributed by atoms with Crippen molar-refractivity contribution < 1.29 is 4.79 Å². The highest BCUT2D eigenvalue weighted by molar-refractivity contribution is 7.14. The van der Waals surface area contributed by atoms with Gasteiger partial charge in [0.25, 0.3) is 5.91 Å². The van der Waals surface area contributed by atoms with Gasteiger partial charge in [-0.05, 0) is 62.3 Å². The van der Waals surface area contributed by atoms with E-state index in [4.69, 9.17) is 0 Å². The normalized spacial score (nSPS) is 17.1. The van der Waals surface area contributed by atoms with Crippen molar-refractivity contribution in [2.45, 2.75) is 38.5 Å². The number of rotatable bonds is 3. The highest BCUT2D eigenvalue weighted by atomic mass is 32.1. The Balaban J connectivity index is 1.54. The van der Waals surface area contributed by atoms with Crippen LogP contribution in [0.1, 0.15) is 45.8 Å². The SMILES string of the molecule is O=C(Nc1ccccc1N1CCCCC1)c1cc2c(s1)CCC2. The van der Waals surface area contributed by atoms with Gasteiger partial charge in [0, 0.05) is 18.0 Å². The quantitative estimate of drug-likeness (QED) is 0.902. The first-order valence-corrected chi connectivity index (χ1v) is 9.40. The van der Waals surface area contributed by atoms with Gasteiger partial charge in [-0.25, -0.2) is 0 Å². The van der Waals surface area contributed by atoms with E-state index in [9.17, 15) is 4.79 Å². The van der Waals surface area contributed by atoms with Crippen molar-refractivity contribution in [3.63, 3.8) is 0 Å². The van der Waals surface area contributed by atoms with Crippen LogP contribution in [0.25, 0.3) is 0 Å². The largest absolute Gasteiger partial charge is 0.370 e. The number of fused-ring (bicyclic) bond motifs is 1. The number of benzene rings is 1. The molecule has 2 heterocycles. The summed E-state index contributed by atoms with van der Waals surface area (Å²) in [7, 11) is 0. The molecule has 0 bridgehead atoms. The molecule has 0 atom stereocenters. The van der Waals surface area contributed by atoms with Crippen LogP contribution in [0, 0.1) is 0 Å². The number of nitrogens with one attached hydrogen (secondary N) is 1. The molecule has 1 aliphatic heterocycles. The Morgan fingerprint density at radius 2 is 1.87 bits per heavy atom. The summed E-state index contributed by atoms with van der Waals surface area (Å²) in [5.74, 6) is 0.0360. The van der Waals surface area contributed by atoms with Crippen molar-refractivity contribution in [3.8, 4) is 0 Å². The second-order valence-corrected chi connectivity index (χ2v) is 7.57. The molecule has 4 rings (SSSR count). The number of piperidine rings is 1. The van der Waals surface area contributed by atoms with E-state index in [1.165, 1.54) is 36.1 Å². The van der Waals surface area contributed by atoms with Gasteiger partial charge in [-0.2, -0.15) is 0 Å². The number of hydrogen-bond donors (Lipinski definition) is 1. The van der Waals surface area contributed by atoms with Gasteiger partial charge in [0.15, 0.2) is 0 Å². The average molecular weight is 326 g/mol. The third-order valence-electron chi connectivity index (χ3n) is 4.82. The molecule has 2 aliphatic rings. The fourth-order valence-electron chi connectivity index (χ4n) is 3.61. The Morgan fingerprint density at radius 3 is 2.70 bits per heavy atom. The molecular formula is C19H22N2OS. The maximum absolute atomic E-state index is 12.6. The van der Waals surface area contributed by atoms with Crippen molar-refractivity contribution in [3.05, 3.63) is 45.6 Å². The first-order valence-electron chi connectivity index (χ1n) is 8.58. The van der Waals surface area contributed by atoms with Crippen LogP contribution in [0.15, 0.2) is 30.3 Å². The third-order valence-corrected chi connectivity index (χ3v) is 6.06. The molecule has 2 aromatic rings. The second kappa shape index (κ2) is 6.36. The van der Waals surface area contributed by atoms with E-state index in [-0.39, 0.29) is 5.91 Å². The van der Waals surface area contributed by atoms with E-state index in [0.29, 0.717) is 0 Å². The zero-order chi connectivity index (χ0) is 15.6. The summed E-state index contributed by atoms with van der Waals surface area (Å²) < 4.78 is 0. The summed E-state index contributed by atoms with van der Waals surface area (Å²) in [6, 6.07) is 10.3. The van der Waals surface area contributed by atoms with Crippen molar-refractivity contribution >= 4 is 28.6 Å². The Kier molecular flexibility index (Phi) is 4.08. The van der Waals surface area contributed by atoms with Crippen LogP contribution in [0.2, 0.25) is 0 Å². The lowest BCUT2D eigenvalue weighted by Gasteiger charge is -2.30. The van der Waals surface area contributed by atoms with Gasteiger partial charge in [-0.15, -0.1) is 11.3 Å². The monoisotopic (exact) mass is 326 g/mol. The standard InChI is InChI=1S/C19H22N2OS/c22-19(18-13-14-7-6-10-17(14)23-18)20-15-8-2-3-9-16(15)21-11-4-1-5-12-21/h2-3,8-9,13H,1,4-7,10-12H2,(H,20,22). The molecule has 1 N–H and O–H groups in total. The molecule has 0 spiro atoms. The van der Waals surface area contributed by atoms with E-state index < -0.39 is 0 Å². The Bertz CT molecular complexity index is 694. The Labute approximate surface area is 141 Å². The molecule has 23 heavy (non-hydrogen) atoms. The number of amides is 1. The number of carbonyl (C=O) groups excluding carboxylic acids is 1. The lowest BCUT2D eigenvalue weighted by Crippen LogP contribution is -2.30. The lowest BCUT2D eigenvalue weighted by atomic mass is 10.1. The number of carbonyl (C=O) groups is 1. The van der Waals surface area contributed by atoms with Crippen molar-refractivity contribution in [2.24, 2.45) is 0 Å². The zero-order valence-electron chi connectivity index (χ0n) is 13.3. The highest BCUT2D eigenvalue weighted by Gasteiger charge is 2.20. The maximum atomic E-state index is 12.6. The first-order chi connectivity index (χ1) is 11.3. The zero-order valence-corrected chi connectivity index (χ0v) is 14.1. The molecule has 0 saturated carbocycles. The second-order valence-electron chi connectivity index (χ2n) is 6.43. The van der Waals surface area contributed by atoms with Crippen molar-refractivity contribution in [2.75, 3.05) is 23.3 Å². The summed E-state index contributed by atoms with van der Waals surface area (Å²) in [5, 5.41) is 3.14. The van der Waals surface area contributed by atoms with E-state index >= 15 is 0 Å². The third kappa shape index (κ3) is 3.00. The molecule has 4 heteroatoms. The van der Waals surface area contributed by atoms with Crippen molar-refractivity contribution in [1.29, 1.82) is 0 Å². The number of aryl methyl sites for hydroxylation is 2. The van der Waals surface area contributed by atoms with Crippen LogP contribution in [0.3, 0.4) is 0 Å². The number of thiophene rings is 1. The average Bonchev–Trinajstić information content (AvgIpc) is 3.18. The molecule has 1 saturated heterocycles. The van der Waals surface area contributed by atoms with E-state index in [0.717, 1.165) is 42.2 Å². The van der Waals surface area contributed by atoms with Crippen LogP contribution in [-0.4, -0.2) is 19.0 Å². The molecule has 0 unspecified atom stereocenters. The fraction of sp³-hybridized carbons (Fsp3) is 0.421. The molecule has 1 aliphatic carbocycles. The number of anilines is 2. The summed E-state index contributed by atoms with van der Waals surface area (Å²) in [6.07, 6.45) is 7.29. The molecule has 0 radical (unpaired) electrons. The predicted octanol–water partition coefficient (Wildman–Crippen LogP) is 4.48. The highest BCUT2D eigenvalue weighted by Crippen LogP contribution is 2.32. The summed E-state index contributed by atoms with van der Waals surface area (Å²) >= 11 is 1.67. The molecule has 1 amide bonds. The van der Waals surface area contributed by atoms with Crippen molar-refractivity contribution in [1.82, 2.24) is 0 Å². The van der Waals surface area contributed by atoms with E-state index in [1.54, 1.807) is 11.3 Å². The minimum absolute atomic E-state index is 0.0360. The molecule has 1 fully saturated rings. The summed E-state index contributed by atoms with van der Waals surface area (Å²) in [4.78, 5) is 17.3. The van der Waals surface area contributed by atoms with E-state index in [1.807, 2.05) is 12.1 Å². The summed E-state index contributed by atoms with van der Waals surface area (Å²) in [5.41, 5.74) is 3.47. The lowest BCUT2D eigenvalue weighted by molar-refractivity contribution is 0.103. The van der Waals surface area contributed by atoms with Crippen LogP contribution in [-0.2, 0) is 12.8 Å². The number of nitrogens with zero attached hydrogens (tertiary/aromatic N) is 1. The van der Waals surface area contributed by atoms with Gasteiger partial charge in [0.1, 0.15) is 0 Å². The minimum atomic E-state index is 0.0360. The Morgan fingerprint density at radius 1 is 1.04 bits per heavy atom. The maximum Gasteiger partial charge on any atom is 0.265 e. The number of hydrogen-bond acceptors (Lipinski definition) is 3.